The van der Waals surface area contributed by atoms with Crippen molar-refractivity contribution in [2.24, 2.45) is 5.92 Å². The van der Waals surface area contributed by atoms with Gasteiger partial charge in [-0.05, 0) is 52.0 Å². The molecule has 0 spiro atoms. The Morgan fingerprint density at radius 1 is 1.10 bits per heavy atom. The Hall–Kier alpha value is -0.130. The highest BCUT2D eigenvalue weighted by atomic mass is 32.2. The normalized spacial score (nSPS) is 25.7. The topological polar surface area (TPSA) is 49.4 Å². The van der Waals surface area contributed by atoms with E-state index in [0.29, 0.717) is 24.3 Å². The average Bonchev–Trinajstić information content (AvgIpc) is 2.89. The number of hydrogen-bond donors (Lipinski definition) is 1. The lowest BCUT2D eigenvalue weighted by Gasteiger charge is -2.31. The molecule has 0 aromatic rings. The van der Waals surface area contributed by atoms with Gasteiger partial charge in [-0.3, -0.25) is 0 Å². The second-order valence-corrected chi connectivity index (χ2v) is 8.71. The summed E-state index contributed by atoms with van der Waals surface area (Å²) in [6.45, 7) is 5.66. The van der Waals surface area contributed by atoms with Crippen molar-refractivity contribution in [3.63, 3.8) is 0 Å². The van der Waals surface area contributed by atoms with Crippen molar-refractivity contribution in [3.8, 4) is 0 Å². The van der Waals surface area contributed by atoms with Gasteiger partial charge in [0.1, 0.15) is 0 Å². The Morgan fingerprint density at radius 2 is 1.80 bits per heavy atom. The molecule has 1 aliphatic heterocycles. The van der Waals surface area contributed by atoms with Crippen molar-refractivity contribution in [2.75, 3.05) is 18.8 Å². The lowest BCUT2D eigenvalue weighted by molar-refractivity contribution is 0.313. The van der Waals surface area contributed by atoms with Crippen LogP contribution in [0, 0.1) is 5.92 Å². The standard InChI is InChI=1S/C15H30N2O2S/c1-13(2)17(11-15-9-6-10-16-15)20(18,19)12-14-7-4-3-5-8-14/h13-16H,3-12H2,1-2H3. The molecule has 2 rings (SSSR count). The molecule has 0 bridgehead atoms. The Labute approximate surface area is 124 Å². The van der Waals surface area contributed by atoms with Crippen LogP contribution in [0.5, 0.6) is 0 Å². The molecule has 118 valence electrons. The fraction of sp³-hybridized carbons (Fsp3) is 1.00. The predicted octanol–water partition coefficient (Wildman–Crippen LogP) is 2.36. The Bertz CT molecular complexity index is 383. The number of sulfonamides is 1. The van der Waals surface area contributed by atoms with E-state index in [1.54, 1.807) is 4.31 Å². The van der Waals surface area contributed by atoms with Gasteiger partial charge in [-0.25, -0.2) is 8.42 Å². The Kier molecular flexibility index (Phi) is 5.87. The summed E-state index contributed by atoms with van der Waals surface area (Å²) in [5.41, 5.74) is 0. The molecule has 2 aliphatic rings. The van der Waals surface area contributed by atoms with Gasteiger partial charge in [-0.2, -0.15) is 4.31 Å². The third kappa shape index (κ3) is 4.43. The summed E-state index contributed by atoms with van der Waals surface area (Å²) in [6.07, 6.45) is 8.12. The van der Waals surface area contributed by atoms with E-state index >= 15 is 0 Å². The number of rotatable bonds is 6. The molecule has 1 aliphatic carbocycles. The van der Waals surface area contributed by atoms with E-state index in [9.17, 15) is 8.42 Å². The van der Waals surface area contributed by atoms with Crippen molar-refractivity contribution >= 4 is 10.0 Å². The van der Waals surface area contributed by atoms with Crippen LogP contribution < -0.4 is 5.32 Å². The maximum atomic E-state index is 12.7. The lowest BCUT2D eigenvalue weighted by atomic mass is 9.91. The fourth-order valence-electron chi connectivity index (χ4n) is 3.52. The molecule has 1 saturated carbocycles. The molecule has 1 unspecified atom stereocenters. The molecule has 1 saturated heterocycles. The monoisotopic (exact) mass is 302 g/mol. The van der Waals surface area contributed by atoms with Crippen LogP contribution in [-0.2, 0) is 10.0 Å². The number of nitrogens with one attached hydrogen (secondary N) is 1. The first kappa shape index (κ1) is 16.2. The van der Waals surface area contributed by atoms with Crippen molar-refractivity contribution in [3.05, 3.63) is 0 Å². The van der Waals surface area contributed by atoms with Crippen molar-refractivity contribution in [1.29, 1.82) is 0 Å². The van der Waals surface area contributed by atoms with Gasteiger partial charge in [-0.15, -0.1) is 0 Å². The van der Waals surface area contributed by atoms with E-state index in [0.717, 1.165) is 25.8 Å². The first-order valence-corrected chi connectivity index (χ1v) is 9.83. The third-order valence-electron chi connectivity index (χ3n) is 4.67. The molecule has 5 heteroatoms. The van der Waals surface area contributed by atoms with Gasteiger partial charge in [0.05, 0.1) is 5.75 Å². The zero-order chi connectivity index (χ0) is 14.6. The van der Waals surface area contributed by atoms with Crippen LogP contribution in [-0.4, -0.2) is 43.6 Å². The molecule has 1 heterocycles. The minimum Gasteiger partial charge on any atom is -0.313 e. The third-order valence-corrected chi connectivity index (χ3v) is 6.84. The highest BCUT2D eigenvalue weighted by Gasteiger charge is 2.31. The molecule has 0 radical (unpaired) electrons. The molecule has 1 N–H and O–H groups in total. The van der Waals surface area contributed by atoms with E-state index in [1.807, 2.05) is 13.8 Å². The Morgan fingerprint density at radius 3 is 2.35 bits per heavy atom. The summed E-state index contributed by atoms with van der Waals surface area (Å²) in [5, 5.41) is 3.41. The van der Waals surface area contributed by atoms with Gasteiger partial charge < -0.3 is 5.32 Å². The van der Waals surface area contributed by atoms with Crippen LogP contribution in [0.15, 0.2) is 0 Å². The van der Waals surface area contributed by atoms with Crippen LogP contribution in [0.4, 0.5) is 0 Å². The Balaban J connectivity index is 1.97. The number of hydrogen-bond acceptors (Lipinski definition) is 3. The van der Waals surface area contributed by atoms with E-state index in [2.05, 4.69) is 5.32 Å². The van der Waals surface area contributed by atoms with E-state index in [4.69, 9.17) is 0 Å². The minimum absolute atomic E-state index is 0.0611. The zero-order valence-corrected chi connectivity index (χ0v) is 13.8. The molecular weight excluding hydrogens is 272 g/mol. The first-order chi connectivity index (χ1) is 9.49. The van der Waals surface area contributed by atoms with Crippen LogP contribution in [0.25, 0.3) is 0 Å². The van der Waals surface area contributed by atoms with Gasteiger partial charge >= 0.3 is 0 Å². The molecule has 2 fully saturated rings. The van der Waals surface area contributed by atoms with E-state index < -0.39 is 10.0 Å². The van der Waals surface area contributed by atoms with Crippen LogP contribution in [0.3, 0.4) is 0 Å². The molecule has 1 atom stereocenters. The molecule has 20 heavy (non-hydrogen) atoms. The van der Waals surface area contributed by atoms with E-state index in [1.165, 1.54) is 25.7 Å². The fourth-order valence-corrected chi connectivity index (χ4v) is 5.69. The van der Waals surface area contributed by atoms with Crippen LogP contribution in [0.1, 0.15) is 58.8 Å². The second-order valence-electron chi connectivity index (χ2n) is 6.74. The highest BCUT2D eigenvalue weighted by molar-refractivity contribution is 7.89. The van der Waals surface area contributed by atoms with Gasteiger partial charge in [0.15, 0.2) is 0 Å². The second kappa shape index (κ2) is 7.23. The zero-order valence-electron chi connectivity index (χ0n) is 13.0. The van der Waals surface area contributed by atoms with Gasteiger partial charge in [0, 0.05) is 18.6 Å². The summed E-state index contributed by atoms with van der Waals surface area (Å²) >= 11 is 0. The average molecular weight is 302 g/mol. The molecule has 0 aromatic carbocycles. The van der Waals surface area contributed by atoms with E-state index in [-0.39, 0.29) is 6.04 Å². The maximum Gasteiger partial charge on any atom is 0.214 e. The minimum atomic E-state index is -3.12. The largest absolute Gasteiger partial charge is 0.313 e. The molecule has 4 nitrogen and oxygen atoms in total. The first-order valence-electron chi connectivity index (χ1n) is 8.22. The van der Waals surface area contributed by atoms with Gasteiger partial charge in [0.25, 0.3) is 0 Å². The summed E-state index contributed by atoms with van der Waals surface area (Å²) in [6, 6.07) is 0.407. The maximum absolute atomic E-state index is 12.7. The SMILES string of the molecule is CC(C)N(CC1CCCN1)S(=O)(=O)CC1CCCCC1. The van der Waals surface area contributed by atoms with Crippen molar-refractivity contribution < 1.29 is 8.42 Å². The molecule has 0 amide bonds. The van der Waals surface area contributed by atoms with Crippen LogP contribution in [0.2, 0.25) is 0 Å². The predicted molar refractivity (Wildman–Crippen MR) is 83.2 cm³/mol. The highest BCUT2D eigenvalue weighted by Crippen LogP contribution is 2.26. The summed E-state index contributed by atoms with van der Waals surface area (Å²) in [7, 11) is -3.12. The smallest absolute Gasteiger partial charge is 0.214 e. The number of nitrogens with zero attached hydrogens (tertiary/aromatic N) is 1. The summed E-state index contributed by atoms with van der Waals surface area (Å²) in [4.78, 5) is 0. The van der Waals surface area contributed by atoms with Gasteiger partial charge in [-0.1, -0.05) is 19.3 Å². The quantitative estimate of drug-likeness (QED) is 0.819. The summed E-state index contributed by atoms with van der Waals surface area (Å²) < 4.78 is 27.2. The summed E-state index contributed by atoms with van der Waals surface area (Å²) in [5.74, 6) is 0.740. The van der Waals surface area contributed by atoms with Crippen molar-refractivity contribution in [1.82, 2.24) is 9.62 Å². The molecule has 0 aromatic heterocycles. The van der Waals surface area contributed by atoms with Gasteiger partial charge in [0.2, 0.25) is 10.0 Å². The van der Waals surface area contributed by atoms with Crippen molar-refractivity contribution in [2.45, 2.75) is 70.9 Å². The van der Waals surface area contributed by atoms with Crippen LogP contribution >= 0.6 is 0 Å². The lowest BCUT2D eigenvalue weighted by Crippen LogP contribution is -2.46. The molecular formula is C15H30N2O2S.